The average molecular weight is 492 g/mol. The number of ether oxygens (including phenoxy) is 1. The minimum absolute atomic E-state index is 0.0266. The van der Waals surface area contributed by atoms with Crippen LogP contribution in [0.25, 0.3) is 11.1 Å². The van der Waals surface area contributed by atoms with E-state index in [1.165, 1.54) is 16.2 Å². The number of hydrogen-bond acceptors (Lipinski definition) is 6. The summed E-state index contributed by atoms with van der Waals surface area (Å²) in [5, 5.41) is 14.4. The van der Waals surface area contributed by atoms with Crippen LogP contribution in [-0.4, -0.2) is 51.7 Å². The van der Waals surface area contributed by atoms with Crippen LogP contribution in [0.3, 0.4) is 0 Å². The van der Waals surface area contributed by atoms with Gasteiger partial charge in [-0.15, -0.1) is 11.3 Å². The zero-order valence-corrected chi connectivity index (χ0v) is 20.0. The third-order valence-corrected chi connectivity index (χ3v) is 7.69. The smallest absolute Gasteiger partial charge is 0.407 e. The summed E-state index contributed by atoms with van der Waals surface area (Å²) in [6, 6.07) is 16.3. The molecule has 2 amide bonds. The van der Waals surface area contributed by atoms with Gasteiger partial charge in [0.1, 0.15) is 22.8 Å². The molecule has 35 heavy (non-hydrogen) atoms. The molecule has 1 atom stereocenters. The van der Waals surface area contributed by atoms with Crippen LogP contribution in [0, 0.1) is 0 Å². The third kappa shape index (κ3) is 4.16. The first-order valence-electron chi connectivity index (χ1n) is 11.5. The molecule has 0 unspecified atom stereocenters. The number of fused-ring (bicyclic) bond motifs is 3. The van der Waals surface area contributed by atoms with E-state index in [2.05, 4.69) is 34.6 Å². The number of alkyl carbamates (subject to hydrolysis) is 1. The number of amides is 2. The normalized spacial score (nSPS) is 18.7. The molecule has 8 nitrogen and oxygen atoms in total. The number of nitrogens with one attached hydrogen (secondary N) is 1. The summed E-state index contributed by atoms with van der Waals surface area (Å²) in [6.45, 7) is 2.27. The zero-order chi connectivity index (χ0) is 24.6. The molecule has 0 radical (unpaired) electrons. The van der Waals surface area contributed by atoms with Gasteiger partial charge in [0.15, 0.2) is 0 Å². The molecule has 1 aliphatic carbocycles. The van der Waals surface area contributed by atoms with Crippen LogP contribution in [0.15, 0.2) is 53.9 Å². The molecule has 0 bridgehead atoms. The van der Waals surface area contributed by atoms with Crippen LogP contribution >= 0.6 is 11.3 Å². The Hall–Kier alpha value is -3.72. The number of carbonyl (C=O) groups excluding carboxylic acids is 2. The Morgan fingerprint density at radius 1 is 1.14 bits per heavy atom. The van der Waals surface area contributed by atoms with E-state index in [4.69, 9.17) is 4.74 Å². The van der Waals surface area contributed by atoms with Gasteiger partial charge in [0.25, 0.3) is 5.91 Å². The summed E-state index contributed by atoms with van der Waals surface area (Å²) in [5.74, 6) is -1.45. The van der Waals surface area contributed by atoms with Gasteiger partial charge in [-0.25, -0.2) is 14.6 Å². The molecule has 2 N–H and O–H groups in total. The predicted octanol–water partition coefficient (Wildman–Crippen LogP) is 4.26. The molecule has 1 aromatic heterocycles. The minimum atomic E-state index is -1.22. The first-order valence-corrected chi connectivity index (χ1v) is 12.3. The number of thiazole rings is 1. The van der Waals surface area contributed by atoms with E-state index < -0.39 is 23.5 Å². The van der Waals surface area contributed by atoms with Gasteiger partial charge in [0, 0.05) is 17.8 Å². The highest BCUT2D eigenvalue weighted by molar-refractivity contribution is 7.09. The molecule has 0 saturated carbocycles. The third-order valence-electron chi connectivity index (χ3n) is 6.85. The van der Waals surface area contributed by atoms with Gasteiger partial charge in [-0.3, -0.25) is 4.79 Å². The molecule has 2 aliphatic rings. The number of hydrogen-bond donors (Lipinski definition) is 2. The first-order chi connectivity index (χ1) is 16.9. The van der Waals surface area contributed by atoms with E-state index in [1.54, 1.807) is 12.3 Å². The van der Waals surface area contributed by atoms with Crippen LogP contribution in [0.2, 0.25) is 0 Å². The molecule has 0 spiro atoms. The highest BCUT2D eigenvalue weighted by Gasteiger charge is 2.46. The van der Waals surface area contributed by atoms with Crippen molar-refractivity contribution in [3.05, 3.63) is 75.7 Å². The lowest BCUT2D eigenvalue weighted by Crippen LogP contribution is -2.50. The van der Waals surface area contributed by atoms with Gasteiger partial charge in [-0.1, -0.05) is 48.5 Å². The number of rotatable bonds is 6. The molecule has 180 valence electrons. The Bertz CT molecular complexity index is 1260. The van der Waals surface area contributed by atoms with Gasteiger partial charge in [-0.2, -0.15) is 0 Å². The fraction of sp³-hybridized carbons (Fsp3) is 0.308. The maximum atomic E-state index is 12.9. The zero-order valence-electron chi connectivity index (χ0n) is 19.2. The van der Waals surface area contributed by atoms with E-state index in [1.807, 2.05) is 24.3 Å². The van der Waals surface area contributed by atoms with Crippen LogP contribution in [0.5, 0.6) is 0 Å². The molecule has 1 aliphatic heterocycles. The fourth-order valence-electron chi connectivity index (χ4n) is 4.94. The number of carboxylic acid groups (broad SMARTS) is 1. The maximum Gasteiger partial charge on any atom is 0.407 e. The number of carbonyl (C=O) groups is 3. The van der Waals surface area contributed by atoms with E-state index >= 15 is 0 Å². The van der Waals surface area contributed by atoms with Gasteiger partial charge in [0.05, 0.1) is 6.54 Å². The molecule has 3 aromatic rings. The highest BCUT2D eigenvalue weighted by Crippen LogP contribution is 2.44. The van der Waals surface area contributed by atoms with E-state index in [0.29, 0.717) is 24.4 Å². The van der Waals surface area contributed by atoms with Crippen molar-refractivity contribution in [1.82, 2.24) is 15.2 Å². The van der Waals surface area contributed by atoms with Crippen molar-refractivity contribution in [2.75, 3.05) is 13.2 Å². The number of carboxylic acids is 1. The molecule has 9 heteroatoms. The largest absolute Gasteiger partial charge is 0.480 e. The topological polar surface area (TPSA) is 109 Å². The van der Waals surface area contributed by atoms with Crippen LogP contribution in [0.4, 0.5) is 4.79 Å². The molecule has 2 heterocycles. The number of aliphatic carboxylic acids is 1. The second kappa shape index (κ2) is 9.14. The van der Waals surface area contributed by atoms with Crippen molar-refractivity contribution in [2.24, 2.45) is 0 Å². The lowest BCUT2D eigenvalue weighted by Gasteiger charge is -2.30. The van der Waals surface area contributed by atoms with E-state index in [9.17, 15) is 19.5 Å². The molecule has 1 fully saturated rings. The van der Waals surface area contributed by atoms with Crippen LogP contribution in [0.1, 0.15) is 52.3 Å². The van der Waals surface area contributed by atoms with Crippen molar-refractivity contribution < 1.29 is 24.2 Å². The van der Waals surface area contributed by atoms with E-state index in [0.717, 1.165) is 22.3 Å². The van der Waals surface area contributed by atoms with Gasteiger partial charge in [0.2, 0.25) is 0 Å². The lowest BCUT2D eigenvalue weighted by atomic mass is 9.98. The fourth-order valence-corrected chi connectivity index (χ4v) is 5.64. The van der Waals surface area contributed by atoms with Crippen molar-refractivity contribution in [2.45, 2.75) is 37.8 Å². The second-order valence-electron chi connectivity index (χ2n) is 8.94. The summed E-state index contributed by atoms with van der Waals surface area (Å²) in [7, 11) is 0. The van der Waals surface area contributed by atoms with E-state index in [-0.39, 0.29) is 24.8 Å². The maximum absolute atomic E-state index is 12.9. The standard InChI is InChI=1S/C26H25N3O5S/c1-26(24(31)32)11-6-12-29(26)23(30)21-15-35-22(28-21)13-27-25(33)34-14-20-18-9-4-2-7-16(18)17-8-3-5-10-19(17)20/h2-5,7-10,15,20H,6,11-14H2,1H3,(H,27,33)(H,31,32)/t26-/m0/s1. The Morgan fingerprint density at radius 2 is 1.80 bits per heavy atom. The first kappa shape index (κ1) is 23.0. The molecule has 2 aromatic carbocycles. The molecular formula is C26H25N3O5S. The number of aromatic nitrogens is 1. The highest BCUT2D eigenvalue weighted by atomic mass is 32.1. The molecule has 5 rings (SSSR count). The summed E-state index contributed by atoms with van der Waals surface area (Å²) in [5.41, 5.74) is 3.57. The van der Waals surface area contributed by atoms with Crippen molar-refractivity contribution >= 4 is 29.3 Å². The van der Waals surface area contributed by atoms with Crippen molar-refractivity contribution in [3.8, 4) is 11.1 Å². The molecular weight excluding hydrogens is 466 g/mol. The second-order valence-corrected chi connectivity index (χ2v) is 9.89. The van der Waals surface area contributed by atoms with Crippen molar-refractivity contribution in [1.29, 1.82) is 0 Å². The van der Waals surface area contributed by atoms with Gasteiger partial charge < -0.3 is 20.1 Å². The number of nitrogens with zero attached hydrogens (tertiary/aromatic N) is 2. The van der Waals surface area contributed by atoms with Gasteiger partial charge >= 0.3 is 12.1 Å². The number of likely N-dealkylation sites (tertiary alicyclic amines) is 1. The number of benzene rings is 2. The Labute approximate surface area is 206 Å². The average Bonchev–Trinajstić information content (AvgIpc) is 3.57. The quantitative estimate of drug-likeness (QED) is 0.533. The summed E-state index contributed by atoms with van der Waals surface area (Å²) >= 11 is 1.24. The monoisotopic (exact) mass is 491 g/mol. The minimum Gasteiger partial charge on any atom is -0.480 e. The predicted molar refractivity (Wildman–Crippen MR) is 130 cm³/mol. The SMILES string of the molecule is C[C@@]1(C(=O)O)CCCN1C(=O)c1csc(CNC(=O)OCC2c3ccccc3-c3ccccc32)n1. The Balaban J connectivity index is 1.18. The summed E-state index contributed by atoms with van der Waals surface area (Å²) in [4.78, 5) is 42.6. The summed E-state index contributed by atoms with van der Waals surface area (Å²) in [6.07, 6.45) is 0.483. The van der Waals surface area contributed by atoms with Crippen LogP contribution in [-0.2, 0) is 16.1 Å². The Kier molecular flexibility index (Phi) is 6.02. The van der Waals surface area contributed by atoms with Crippen molar-refractivity contribution in [3.63, 3.8) is 0 Å². The summed E-state index contributed by atoms with van der Waals surface area (Å²) < 4.78 is 5.54. The van der Waals surface area contributed by atoms with Crippen LogP contribution < -0.4 is 5.32 Å². The van der Waals surface area contributed by atoms with Gasteiger partial charge in [-0.05, 0) is 42.0 Å². The molecule has 1 saturated heterocycles. The Morgan fingerprint density at radius 3 is 2.46 bits per heavy atom. The lowest BCUT2D eigenvalue weighted by molar-refractivity contribution is -0.147.